The number of hydrogen-bond donors (Lipinski definition) is 0. The van der Waals surface area contributed by atoms with Crippen molar-refractivity contribution in [1.29, 1.82) is 0 Å². The van der Waals surface area contributed by atoms with Crippen LogP contribution in [0.4, 0.5) is 10.5 Å². The quantitative estimate of drug-likeness (QED) is 0.241. The Bertz CT molecular complexity index is 1580. The zero-order valence-electron chi connectivity index (χ0n) is 22.2. The summed E-state index contributed by atoms with van der Waals surface area (Å²) in [6, 6.07) is 24.7. The Labute approximate surface area is 243 Å². The third-order valence-corrected chi connectivity index (χ3v) is 9.33. The van der Waals surface area contributed by atoms with Gasteiger partial charge in [0, 0.05) is 40.5 Å². The van der Waals surface area contributed by atoms with Gasteiger partial charge in [-0.15, -0.1) is 0 Å². The third-order valence-electron chi connectivity index (χ3n) is 6.79. The van der Waals surface area contributed by atoms with Crippen LogP contribution < -0.4 is 4.90 Å². The number of hydrogen-bond acceptors (Lipinski definition) is 5. The lowest BCUT2D eigenvalue weighted by Gasteiger charge is -2.43. The first kappa shape index (κ1) is 27.5. The first-order valence-electron chi connectivity index (χ1n) is 12.9. The number of piperazine rings is 1. The van der Waals surface area contributed by atoms with E-state index in [1.165, 1.54) is 9.54 Å². The Morgan fingerprint density at radius 2 is 1.64 bits per heavy atom. The van der Waals surface area contributed by atoms with Crippen molar-refractivity contribution in [3.8, 4) is 0 Å². The van der Waals surface area contributed by atoms with E-state index in [-0.39, 0.29) is 17.0 Å². The lowest BCUT2D eigenvalue weighted by Crippen LogP contribution is -2.56. The summed E-state index contributed by atoms with van der Waals surface area (Å²) in [4.78, 5) is 17.3. The molecule has 3 aromatic carbocycles. The molecule has 7 nitrogen and oxygen atoms in total. The largest absolute Gasteiger partial charge is 0.444 e. The maximum absolute atomic E-state index is 13.4. The van der Waals surface area contributed by atoms with Gasteiger partial charge in [-0.25, -0.2) is 17.2 Å². The van der Waals surface area contributed by atoms with E-state index in [0.29, 0.717) is 25.2 Å². The summed E-state index contributed by atoms with van der Waals surface area (Å²) in [5.41, 5.74) is 2.27. The van der Waals surface area contributed by atoms with Crippen LogP contribution in [-0.2, 0) is 21.2 Å². The predicted octanol–water partition coefficient (Wildman–Crippen LogP) is 6.15. The Hall–Kier alpha value is -3.05. The summed E-state index contributed by atoms with van der Waals surface area (Å²) in [5.74, 6) is 0. The van der Waals surface area contributed by atoms with Crippen LogP contribution in [0.5, 0.6) is 0 Å². The molecule has 1 amide bonds. The number of amides is 1. The summed E-state index contributed by atoms with van der Waals surface area (Å²) in [6.07, 6.45) is 2.14. The summed E-state index contributed by atoms with van der Waals surface area (Å²) >= 11 is 2.20. The molecule has 2 heterocycles. The average Bonchev–Trinajstić information content (AvgIpc) is 3.25. The number of nitrogens with zero attached hydrogens (tertiary/aromatic N) is 3. The van der Waals surface area contributed by atoms with E-state index < -0.39 is 15.6 Å². The molecule has 1 aliphatic rings. The van der Waals surface area contributed by atoms with Crippen LogP contribution >= 0.6 is 22.6 Å². The molecule has 0 N–H and O–H groups in total. The fraction of sp³-hybridized carbons (Fsp3) is 0.300. The number of halogens is 1. The number of carbonyl (C=O) groups is 1. The zero-order valence-corrected chi connectivity index (χ0v) is 25.2. The smallest absolute Gasteiger partial charge is 0.410 e. The Morgan fingerprint density at radius 3 is 2.31 bits per heavy atom. The molecule has 0 aliphatic carbocycles. The monoisotopic (exact) mass is 657 g/mol. The molecule has 204 valence electrons. The molecule has 9 heteroatoms. The number of ether oxygens (including phenoxy) is 1. The molecule has 0 saturated carbocycles. The predicted molar refractivity (Wildman–Crippen MR) is 163 cm³/mol. The first-order valence-corrected chi connectivity index (χ1v) is 15.4. The highest BCUT2D eigenvalue weighted by Gasteiger charge is 2.33. The van der Waals surface area contributed by atoms with Crippen molar-refractivity contribution in [2.75, 3.05) is 24.5 Å². The fourth-order valence-electron chi connectivity index (χ4n) is 4.98. The molecule has 0 radical (unpaired) electrons. The van der Waals surface area contributed by atoms with Gasteiger partial charge in [-0.2, -0.15) is 0 Å². The second kappa shape index (κ2) is 10.8. The number of rotatable bonds is 5. The van der Waals surface area contributed by atoms with Gasteiger partial charge in [0.2, 0.25) is 0 Å². The fourth-order valence-corrected chi connectivity index (χ4v) is 7.27. The van der Waals surface area contributed by atoms with E-state index in [0.717, 1.165) is 21.1 Å². The normalized spacial score (nSPS) is 16.5. The van der Waals surface area contributed by atoms with Crippen LogP contribution in [-0.4, -0.2) is 54.7 Å². The van der Waals surface area contributed by atoms with Crippen molar-refractivity contribution in [3.05, 3.63) is 94.2 Å². The molecule has 1 fully saturated rings. The summed E-state index contributed by atoms with van der Waals surface area (Å²) in [6.45, 7) is 7.35. The minimum Gasteiger partial charge on any atom is -0.444 e. The van der Waals surface area contributed by atoms with Crippen molar-refractivity contribution < 1.29 is 17.9 Å². The van der Waals surface area contributed by atoms with Gasteiger partial charge in [-0.3, -0.25) is 0 Å². The van der Waals surface area contributed by atoms with Gasteiger partial charge in [0.25, 0.3) is 10.0 Å². The van der Waals surface area contributed by atoms with Crippen molar-refractivity contribution in [2.24, 2.45) is 0 Å². The molecule has 1 unspecified atom stereocenters. The van der Waals surface area contributed by atoms with E-state index in [1.54, 1.807) is 41.4 Å². The molecule has 39 heavy (non-hydrogen) atoms. The van der Waals surface area contributed by atoms with Gasteiger partial charge < -0.3 is 14.5 Å². The van der Waals surface area contributed by atoms with Gasteiger partial charge in [0.15, 0.2) is 0 Å². The number of carbonyl (C=O) groups excluding carboxylic acids is 1. The summed E-state index contributed by atoms with van der Waals surface area (Å²) in [5, 5.41) is 0.876. The molecule has 5 rings (SSSR count). The molecule has 0 spiro atoms. The van der Waals surface area contributed by atoms with Crippen molar-refractivity contribution in [3.63, 3.8) is 0 Å². The minimum atomic E-state index is -3.73. The lowest BCUT2D eigenvalue weighted by atomic mass is 10.0. The van der Waals surface area contributed by atoms with Crippen molar-refractivity contribution in [1.82, 2.24) is 8.87 Å². The van der Waals surface area contributed by atoms with Crippen LogP contribution in [0.2, 0.25) is 0 Å². The van der Waals surface area contributed by atoms with E-state index >= 15 is 0 Å². The number of benzene rings is 3. The molecule has 1 aliphatic heterocycles. The number of aromatic nitrogens is 1. The molecule has 1 saturated heterocycles. The molecule has 4 aromatic rings. The highest BCUT2D eigenvalue weighted by atomic mass is 127. The van der Waals surface area contributed by atoms with Crippen LogP contribution in [0, 0.1) is 3.57 Å². The van der Waals surface area contributed by atoms with Gasteiger partial charge in [-0.1, -0.05) is 48.5 Å². The van der Waals surface area contributed by atoms with E-state index in [9.17, 15) is 13.2 Å². The second-order valence-electron chi connectivity index (χ2n) is 10.8. The standard InChI is InChI=1S/C30H32IN3O4S/c1-30(2,3)38-29(35)32-16-17-33(24(20-32)18-22-10-6-4-7-11-22)23-14-15-28-26(19-23)27(31)21-34(28)39(36,37)25-12-8-5-9-13-25/h4-15,19,21,24H,16-18,20H2,1-3H3. The minimum absolute atomic E-state index is 0.0268. The zero-order chi connectivity index (χ0) is 27.8. The Morgan fingerprint density at radius 1 is 0.974 bits per heavy atom. The van der Waals surface area contributed by atoms with Gasteiger partial charge in [-0.05, 0) is 85.7 Å². The van der Waals surface area contributed by atoms with E-state index in [1.807, 2.05) is 51.1 Å². The Kier molecular flexibility index (Phi) is 7.65. The van der Waals surface area contributed by atoms with Crippen LogP contribution in [0.1, 0.15) is 26.3 Å². The van der Waals surface area contributed by atoms with Crippen LogP contribution in [0.3, 0.4) is 0 Å². The van der Waals surface area contributed by atoms with Gasteiger partial charge >= 0.3 is 6.09 Å². The molecule has 0 bridgehead atoms. The van der Waals surface area contributed by atoms with Crippen LogP contribution in [0.15, 0.2) is 90.0 Å². The molecular weight excluding hydrogens is 625 g/mol. The second-order valence-corrected chi connectivity index (χ2v) is 13.7. The van der Waals surface area contributed by atoms with Gasteiger partial charge in [0.05, 0.1) is 16.5 Å². The Balaban J connectivity index is 1.48. The molecule has 1 aromatic heterocycles. The number of fused-ring (bicyclic) bond motifs is 1. The van der Waals surface area contributed by atoms with Crippen molar-refractivity contribution >= 4 is 55.3 Å². The van der Waals surface area contributed by atoms with E-state index in [4.69, 9.17) is 4.74 Å². The molecule has 1 atom stereocenters. The highest BCUT2D eigenvalue weighted by Crippen LogP contribution is 2.32. The lowest BCUT2D eigenvalue weighted by molar-refractivity contribution is 0.0214. The maximum atomic E-state index is 13.4. The van der Waals surface area contributed by atoms with Gasteiger partial charge in [0.1, 0.15) is 5.60 Å². The summed E-state index contributed by atoms with van der Waals surface area (Å²) in [7, 11) is -3.73. The van der Waals surface area contributed by atoms with Crippen LogP contribution in [0.25, 0.3) is 10.9 Å². The summed E-state index contributed by atoms with van der Waals surface area (Å²) < 4.78 is 34.7. The topological polar surface area (TPSA) is 71.8 Å². The first-order chi connectivity index (χ1) is 18.5. The third kappa shape index (κ3) is 5.94. The SMILES string of the molecule is CC(C)(C)OC(=O)N1CCN(c2ccc3c(c2)c(I)cn3S(=O)(=O)c2ccccc2)C(Cc2ccccc2)C1. The van der Waals surface area contributed by atoms with E-state index in [2.05, 4.69) is 45.7 Å². The highest BCUT2D eigenvalue weighted by molar-refractivity contribution is 14.1. The average molecular weight is 658 g/mol. The number of anilines is 1. The molecular formula is C30H32IN3O4S. The maximum Gasteiger partial charge on any atom is 0.410 e. The van der Waals surface area contributed by atoms with Crippen molar-refractivity contribution in [2.45, 2.75) is 43.7 Å².